The second kappa shape index (κ2) is 31.7. The lowest BCUT2D eigenvalue weighted by atomic mass is 9.73. The van der Waals surface area contributed by atoms with E-state index >= 15 is 0 Å². The van der Waals surface area contributed by atoms with Gasteiger partial charge in [-0.1, -0.05) is 41.5 Å². The zero-order chi connectivity index (χ0) is 56.3. The zero-order valence-corrected chi connectivity index (χ0v) is 44.6. The van der Waals surface area contributed by atoms with Gasteiger partial charge in [0.2, 0.25) is 0 Å². The van der Waals surface area contributed by atoms with Crippen molar-refractivity contribution in [2.75, 3.05) is 119 Å². The molecule has 0 unspecified atom stereocenters. The SMILES string of the molecule is CC1(C)CC(NCCOCCN(CCOCCNC2=C(C#N)/C(=C(\C#N)C(=O)OCCO)CC(C)(C)C2)CCOCCNC2=C(C#N)/C(=C(\C#N)C(=O)OCCO)CC(C)(C)C2)=C(C#N)/C(=C(\C#N)C(=O)OCCO)C1. The Morgan fingerprint density at radius 1 is 0.447 bits per heavy atom. The van der Waals surface area contributed by atoms with Gasteiger partial charge >= 0.3 is 17.9 Å². The first-order chi connectivity index (χ1) is 36.3. The third-order valence-corrected chi connectivity index (χ3v) is 12.3. The van der Waals surface area contributed by atoms with Gasteiger partial charge in [-0.25, -0.2) is 14.4 Å². The molecule has 0 saturated heterocycles. The van der Waals surface area contributed by atoms with E-state index in [2.05, 4.69) is 39.1 Å². The van der Waals surface area contributed by atoms with E-state index < -0.39 is 54.0 Å². The summed E-state index contributed by atoms with van der Waals surface area (Å²) in [5.74, 6) is -2.71. The second-order valence-corrected chi connectivity index (χ2v) is 20.4. The number of esters is 3. The monoisotopic (exact) mass is 1050 g/mol. The molecule has 76 heavy (non-hydrogen) atoms. The zero-order valence-electron chi connectivity index (χ0n) is 44.6. The van der Waals surface area contributed by atoms with E-state index in [-0.39, 0.29) is 89.8 Å². The van der Waals surface area contributed by atoms with Crippen LogP contribution >= 0.6 is 0 Å². The van der Waals surface area contributed by atoms with Crippen molar-refractivity contribution >= 4 is 17.9 Å². The van der Waals surface area contributed by atoms with Crippen LogP contribution in [0.3, 0.4) is 0 Å². The highest BCUT2D eigenvalue weighted by molar-refractivity contribution is 5.96. The molecule has 0 aliphatic heterocycles. The van der Waals surface area contributed by atoms with Crippen LogP contribution in [0.1, 0.15) is 80.1 Å². The first kappa shape index (κ1) is 63.2. The Kier molecular flexibility index (Phi) is 26.4. The number of ether oxygens (including phenoxy) is 6. The van der Waals surface area contributed by atoms with Gasteiger partial charge in [-0.15, -0.1) is 0 Å². The smallest absolute Gasteiger partial charge is 0.349 e. The summed E-state index contributed by atoms with van der Waals surface area (Å²) in [4.78, 5) is 40.2. The van der Waals surface area contributed by atoms with Crippen molar-refractivity contribution in [2.24, 2.45) is 16.2 Å². The van der Waals surface area contributed by atoms with Gasteiger partial charge in [0.05, 0.1) is 76.2 Å². The Labute approximate surface area is 445 Å². The maximum atomic E-state index is 12.7. The number of nitrogens with one attached hydrogen (secondary N) is 3. The van der Waals surface area contributed by atoms with Crippen molar-refractivity contribution in [1.82, 2.24) is 20.9 Å². The number of carbonyl (C=O) groups excluding carboxylic acids is 3. The minimum absolute atomic E-state index is 0.196. The number of allylic oxidation sites excluding steroid dienone is 9. The van der Waals surface area contributed by atoms with Gasteiger partial charge in [0.1, 0.15) is 73.0 Å². The molecule has 3 aliphatic carbocycles. The third kappa shape index (κ3) is 19.6. The maximum Gasteiger partial charge on any atom is 0.349 e. The van der Waals surface area contributed by atoms with Crippen molar-refractivity contribution in [3.05, 3.63) is 67.2 Å². The van der Waals surface area contributed by atoms with Gasteiger partial charge in [0, 0.05) is 56.4 Å². The fourth-order valence-corrected chi connectivity index (χ4v) is 9.02. The summed E-state index contributed by atoms with van der Waals surface area (Å²) < 4.78 is 33.1. The highest BCUT2D eigenvalue weighted by atomic mass is 16.5. The van der Waals surface area contributed by atoms with Crippen LogP contribution in [-0.2, 0) is 42.8 Å². The highest BCUT2D eigenvalue weighted by Gasteiger charge is 2.37. The molecule has 22 nitrogen and oxygen atoms in total. The van der Waals surface area contributed by atoms with E-state index in [1.165, 1.54) is 0 Å². The molecule has 0 atom stereocenters. The predicted octanol–water partition coefficient (Wildman–Crippen LogP) is 2.97. The Bertz CT molecular complexity index is 2270. The van der Waals surface area contributed by atoms with Crippen LogP contribution < -0.4 is 16.0 Å². The lowest BCUT2D eigenvalue weighted by Gasteiger charge is -2.34. The van der Waals surface area contributed by atoms with Crippen molar-refractivity contribution < 1.29 is 58.1 Å². The maximum absolute atomic E-state index is 12.7. The summed E-state index contributed by atoms with van der Waals surface area (Å²) in [6.45, 7) is 13.8. The summed E-state index contributed by atoms with van der Waals surface area (Å²) in [5.41, 5.74) is 1.15. The molecule has 0 bridgehead atoms. The highest BCUT2D eigenvalue weighted by Crippen LogP contribution is 2.44. The van der Waals surface area contributed by atoms with Gasteiger partial charge in [0.15, 0.2) is 0 Å². The summed E-state index contributed by atoms with van der Waals surface area (Å²) in [6.07, 6.45) is 2.35. The molecule has 0 aromatic rings. The lowest BCUT2D eigenvalue weighted by molar-refractivity contribution is -0.140. The Balaban J connectivity index is 1.69. The molecule has 410 valence electrons. The van der Waals surface area contributed by atoms with Crippen LogP contribution in [-0.4, -0.2) is 157 Å². The second-order valence-electron chi connectivity index (χ2n) is 20.4. The molecule has 0 amide bonds. The largest absolute Gasteiger partial charge is 0.459 e. The molecule has 0 aromatic heterocycles. The molecule has 3 aliphatic rings. The molecule has 0 aromatic carbocycles. The average molecular weight is 1050 g/mol. The number of hydrogen-bond donors (Lipinski definition) is 6. The van der Waals surface area contributed by atoms with Gasteiger partial charge < -0.3 is 59.7 Å². The first-order valence-electron chi connectivity index (χ1n) is 25.1. The summed E-state index contributed by atoms with van der Waals surface area (Å²) in [5, 5.41) is 97.2. The van der Waals surface area contributed by atoms with E-state index in [1.54, 1.807) is 0 Å². The Hall–Kier alpha value is -7.09. The van der Waals surface area contributed by atoms with Crippen LogP contribution in [0.2, 0.25) is 0 Å². The number of aliphatic hydroxyl groups is 3. The summed E-state index contributed by atoms with van der Waals surface area (Å²) in [6, 6.07) is 12.1. The molecule has 0 heterocycles. The minimum Gasteiger partial charge on any atom is -0.459 e. The normalized spacial score (nSPS) is 18.6. The molecule has 6 N–H and O–H groups in total. The molecular formula is C54H72N10O12. The van der Waals surface area contributed by atoms with E-state index in [4.69, 9.17) is 43.7 Å². The molecule has 0 radical (unpaired) electrons. The standard InChI is InChI=1S/C54H72N10O12/c1-52(2)25-37(43(34-58)49(68)74-22-13-65)40(31-55)46(28-52)61-7-16-71-19-10-64(11-20-72-17-8-62-47-29-53(3,4)26-38(41(47)32-56)44(35-59)50(69)75-23-14-66)12-21-73-18-9-63-48-30-54(5,6)27-39(42(48)33-57)45(36-60)51(70)76-24-15-67/h61-63,65-67H,7-30H2,1-6H3/b43-37+,44-38+,45-39+. The molecular weight excluding hydrogens is 981 g/mol. The quantitative estimate of drug-likeness (QED) is 0.0198. The predicted molar refractivity (Wildman–Crippen MR) is 272 cm³/mol. The van der Waals surface area contributed by atoms with E-state index in [0.717, 1.165) is 0 Å². The Morgan fingerprint density at radius 3 is 0.934 bits per heavy atom. The fraction of sp³-hybridized carbons (Fsp3) is 0.611. The van der Waals surface area contributed by atoms with Crippen LogP contribution in [0.15, 0.2) is 67.2 Å². The van der Waals surface area contributed by atoms with Crippen LogP contribution in [0.4, 0.5) is 0 Å². The number of nitriles is 6. The van der Waals surface area contributed by atoms with Crippen molar-refractivity contribution in [1.29, 1.82) is 31.6 Å². The van der Waals surface area contributed by atoms with Gasteiger partial charge in [-0.3, -0.25) is 4.90 Å². The first-order valence-corrected chi connectivity index (χ1v) is 25.1. The summed E-state index contributed by atoms with van der Waals surface area (Å²) >= 11 is 0. The third-order valence-electron chi connectivity index (χ3n) is 12.3. The van der Waals surface area contributed by atoms with Crippen LogP contribution in [0.5, 0.6) is 0 Å². The average Bonchev–Trinajstić information content (AvgIpc) is 3.36. The molecule has 0 saturated carbocycles. The number of carbonyl (C=O) groups is 3. The van der Waals surface area contributed by atoms with E-state index in [9.17, 15) is 46.0 Å². The number of aliphatic hydroxyl groups excluding tert-OH is 3. The molecule has 0 spiro atoms. The Morgan fingerprint density at radius 2 is 0.711 bits per heavy atom. The van der Waals surface area contributed by atoms with Crippen molar-refractivity contribution in [2.45, 2.75) is 80.1 Å². The fourth-order valence-electron chi connectivity index (χ4n) is 9.02. The van der Waals surface area contributed by atoms with Crippen LogP contribution in [0.25, 0.3) is 0 Å². The lowest BCUT2D eigenvalue weighted by Crippen LogP contribution is -2.36. The molecule has 22 heteroatoms. The van der Waals surface area contributed by atoms with Crippen molar-refractivity contribution in [3.63, 3.8) is 0 Å². The van der Waals surface area contributed by atoms with Gasteiger partial charge in [0.25, 0.3) is 0 Å². The topological polar surface area (TPSA) is 349 Å². The van der Waals surface area contributed by atoms with Gasteiger partial charge in [-0.2, -0.15) is 31.6 Å². The van der Waals surface area contributed by atoms with Crippen molar-refractivity contribution in [3.8, 4) is 36.4 Å². The number of nitrogens with zero attached hydrogens (tertiary/aromatic N) is 7. The molecule has 3 rings (SSSR count). The van der Waals surface area contributed by atoms with E-state index in [1.807, 2.05) is 59.8 Å². The van der Waals surface area contributed by atoms with Gasteiger partial charge in [-0.05, 0) is 71.5 Å². The number of rotatable bonds is 30. The van der Waals surface area contributed by atoms with Crippen LogP contribution in [0, 0.1) is 84.2 Å². The van der Waals surface area contributed by atoms with E-state index in [0.29, 0.717) is 115 Å². The number of hydrogen-bond acceptors (Lipinski definition) is 22. The molecule has 0 fully saturated rings. The minimum atomic E-state index is -0.903. The summed E-state index contributed by atoms with van der Waals surface area (Å²) in [7, 11) is 0.